The standard InChI is InChI=1S/C29H34ClN3O5S/c1-21(2)18-31-29(35)22(3)32(19-23-10-12-24(30)13-11-23)28(34)20-33(39(4,36)37)25-14-16-27(17-15-25)38-26-8-6-5-7-9-26/h5-17,21-22H,18-20H2,1-4H3,(H,31,35)/t22-/m1/s1. The largest absolute Gasteiger partial charge is 0.457 e. The van der Waals surface area contributed by atoms with E-state index in [0.717, 1.165) is 16.1 Å². The Morgan fingerprint density at radius 2 is 1.49 bits per heavy atom. The zero-order valence-electron chi connectivity index (χ0n) is 22.5. The van der Waals surface area contributed by atoms with E-state index in [0.29, 0.717) is 28.8 Å². The van der Waals surface area contributed by atoms with Crippen molar-refractivity contribution >= 4 is 39.1 Å². The first kappa shape index (κ1) is 30.0. The number of benzene rings is 3. The van der Waals surface area contributed by atoms with Crippen molar-refractivity contribution in [3.05, 3.63) is 89.4 Å². The van der Waals surface area contributed by atoms with Crippen molar-refractivity contribution in [3.63, 3.8) is 0 Å². The summed E-state index contributed by atoms with van der Waals surface area (Å²) in [6, 6.07) is 21.7. The normalized spacial score (nSPS) is 12.1. The van der Waals surface area contributed by atoms with Gasteiger partial charge in [-0.25, -0.2) is 8.42 Å². The Kier molecular flexibility index (Phi) is 10.4. The van der Waals surface area contributed by atoms with Gasteiger partial charge in [-0.3, -0.25) is 13.9 Å². The fourth-order valence-electron chi connectivity index (χ4n) is 3.74. The van der Waals surface area contributed by atoms with Crippen LogP contribution in [0.5, 0.6) is 11.5 Å². The van der Waals surface area contributed by atoms with Crippen molar-refractivity contribution in [1.29, 1.82) is 0 Å². The van der Waals surface area contributed by atoms with Crippen LogP contribution in [0.4, 0.5) is 5.69 Å². The number of rotatable bonds is 12. The second kappa shape index (κ2) is 13.5. The number of ether oxygens (including phenoxy) is 1. The van der Waals surface area contributed by atoms with Crippen LogP contribution < -0.4 is 14.4 Å². The van der Waals surface area contributed by atoms with Crippen LogP contribution in [0.15, 0.2) is 78.9 Å². The molecule has 0 aliphatic rings. The van der Waals surface area contributed by atoms with Gasteiger partial charge in [0.15, 0.2) is 0 Å². The number of para-hydroxylation sites is 1. The van der Waals surface area contributed by atoms with E-state index in [1.54, 1.807) is 55.5 Å². The van der Waals surface area contributed by atoms with Crippen molar-refractivity contribution in [2.75, 3.05) is 23.7 Å². The van der Waals surface area contributed by atoms with Crippen molar-refractivity contribution in [3.8, 4) is 11.5 Å². The first-order chi connectivity index (χ1) is 18.4. The van der Waals surface area contributed by atoms with E-state index in [4.69, 9.17) is 16.3 Å². The summed E-state index contributed by atoms with van der Waals surface area (Å²) in [6.07, 6.45) is 1.04. The predicted molar refractivity (Wildman–Crippen MR) is 154 cm³/mol. The summed E-state index contributed by atoms with van der Waals surface area (Å²) >= 11 is 6.01. The Balaban J connectivity index is 1.84. The lowest BCUT2D eigenvalue weighted by Gasteiger charge is -2.31. The molecule has 0 radical (unpaired) electrons. The highest BCUT2D eigenvalue weighted by atomic mass is 35.5. The van der Waals surface area contributed by atoms with Gasteiger partial charge in [-0.2, -0.15) is 0 Å². The van der Waals surface area contributed by atoms with Gasteiger partial charge in [0.25, 0.3) is 0 Å². The molecule has 1 N–H and O–H groups in total. The Labute approximate surface area is 235 Å². The summed E-state index contributed by atoms with van der Waals surface area (Å²) in [5, 5.41) is 3.40. The molecule has 0 spiro atoms. The van der Waals surface area contributed by atoms with Crippen LogP contribution >= 0.6 is 11.6 Å². The van der Waals surface area contributed by atoms with E-state index in [-0.39, 0.29) is 18.4 Å². The van der Waals surface area contributed by atoms with Crippen LogP contribution in [0.25, 0.3) is 0 Å². The molecule has 0 aliphatic heterocycles. The van der Waals surface area contributed by atoms with Gasteiger partial charge in [-0.05, 0) is 66.9 Å². The molecule has 0 saturated heterocycles. The third-order valence-electron chi connectivity index (χ3n) is 5.90. The van der Waals surface area contributed by atoms with E-state index in [1.165, 1.54) is 4.90 Å². The predicted octanol–water partition coefficient (Wildman–Crippen LogP) is 5.09. The smallest absolute Gasteiger partial charge is 0.244 e. The molecule has 0 saturated carbocycles. The third kappa shape index (κ3) is 9.01. The van der Waals surface area contributed by atoms with E-state index >= 15 is 0 Å². The number of nitrogens with zero attached hydrogens (tertiary/aromatic N) is 2. The lowest BCUT2D eigenvalue weighted by molar-refractivity contribution is -0.139. The highest BCUT2D eigenvalue weighted by molar-refractivity contribution is 7.92. The van der Waals surface area contributed by atoms with Gasteiger partial charge >= 0.3 is 0 Å². The van der Waals surface area contributed by atoms with Gasteiger partial charge < -0.3 is 15.0 Å². The number of anilines is 1. The molecule has 208 valence electrons. The van der Waals surface area contributed by atoms with Crippen LogP contribution in [0.1, 0.15) is 26.3 Å². The van der Waals surface area contributed by atoms with Gasteiger partial charge in [-0.15, -0.1) is 0 Å². The summed E-state index contributed by atoms with van der Waals surface area (Å²) in [5.74, 6) is 0.551. The Hall–Kier alpha value is -3.56. The molecule has 39 heavy (non-hydrogen) atoms. The molecular formula is C29H34ClN3O5S. The maximum atomic E-state index is 13.6. The van der Waals surface area contributed by atoms with Crippen molar-refractivity contribution in [1.82, 2.24) is 10.2 Å². The van der Waals surface area contributed by atoms with Gasteiger partial charge in [0, 0.05) is 18.1 Å². The molecule has 0 bridgehead atoms. The van der Waals surface area contributed by atoms with Crippen molar-refractivity contribution in [2.24, 2.45) is 5.92 Å². The minimum absolute atomic E-state index is 0.105. The molecule has 10 heteroatoms. The minimum atomic E-state index is -3.84. The van der Waals surface area contributed by atoms with Crippen LogP contribution in [0.2, 0.25) is 5.02 Å². The number of hydrogen-bond acceptors (Lipinski definition) is 5. The molecule has 0 unspecified atom stereocenters. The number of carbonyl (C=O) groups excluding carboxylic acids is 2. The molecule has 0 aliphatic carbocycles. The molecule has 3 aromatic carbocycles. The first-order valence-electron chi connectivity index (χ1n) is 12.6. The maximum absolute atomic E-state index is 13.6. The molecule has 3 rings (SSSR count). The Bertz CT molecular complexity index is 1350. The number of sulfonamides is 1. The van der Waals surface area contributed by atoms with Gasteiger partial charge in [0.2, 0.25) is 21.8 Å². The van der Waals surface area contributed by atoms with Crippen LogP contribution in [0.3, 0.4) is 0 Å². The highest BCUT2D eigenvalue weighted by Crippen LogP contribution is 2.26. The summed E-state index contributed by atoms with van der Waals surface area (Å²) in [6.45, 7) is 5.66. The van der Waals surface area contributed by atoms with Crippen LogP contribution in [0, 0.1) is 5.92 Å². The second-order valence-corrected chi connectivity index (χ2v) is 12.0. The van der Waals surface area contributed by atoms with Crippen molar-refractivity contribution < 1.29 is 22.7 Å². The average molecular weight is 572 g/mol. The van der Waals surface area contributed by atoms with Gasteiger partial charge in [0.1, 0.15) is 24.1 Å². The van der Waals surface area contributed by atoms with Crippen molar-refractivity contribution in [2.45, 2.75) is 33.4 Å². The SMILES string of the molecule is CC(C)CNC(=O)[C@@H](C)N(Cc1ccc(Cl)cc1)C(=O)CN(c1ccc(Oc2ccccc2)cc1)S(C)(=O)=O. The lowest BCUT2D eigenvalue weighted by atomic mass is 10.1. The summed E-state index contributed by atoms with van der Waals surface area (Å²) in [7, 11) is -3.84. The van der Waals surface area contributed by atoms with E-state index in [9.17, 15) is 18.0 Å². The molecule has 1 atom stereocenters. The molecule has 8 nitrogen and oxygen atoms in total. The van der Waals surface area contributed by atoms with E-state index < -0.39 is 28.5 Å². The number of hydrogen-bond donors (Lipinski definition) is 1. The molecule has 3 aromatic rings. The molecule has 0 fully saturated rings. The van der Waals surface area contributed by atoms with E-state index in [2.05, 4.69) is 5.32 Å². The van der Waals surface area contributed by atoms with Crippen LogP contribution in [-0.4, -0.2) is 50.5 Å². The fourth-order valence-corrected chi connectivity index (χ4v) is 4.72. The minimum Gasteiger partial charge on any atom is -0.457 e. The van der Waals surface area contributed by atoms with Crippen LogP contribution in [-0.2, 0) is 26.2 Å². The number of halogens is 1. The lowest BCUT2D eigenvalue weighted by Crippen LogP contribution is -2.51. The molecule has 0 aromatic heterocycles. The molecule has 2 amide bonds. The maximum Gasteiger partial charge on any atom is 0.244 e. The molecular weight excluding hydrogens is 538 g/mol. The average Bonchev–Trinajstić information content (AvgIpc) is 2.90. The molecule has 0 heterocycles. The second-order valence-electron chi connectivity index (χ2n) is 9.64. The third-order valence-corrected chi connectivity index (χ3v) is 7.29. The number of amides is 2. The Morgan fingerprint density at radius 1 is 0.897 bits per heavy atom. The van der Waals surface area contributed by atoms with Gasteiger partial charge in [-0.1, -0.05) is 55.8 Å². The summed E-state index contributed by atoms with van der Waals surface area (Å²) in [5.41, 5.74) is 1.05. The Morgan fingerprint density at radius 3 is 2.05 bits per heavy atom. The zero-order chi connectivity index (χ0) is 28.6. The summed E-state index contributed by atoms with van der Waals surface area (Å²) in [4.78, 5) is 27.9. The topological polar surface area (TPSA) is 96.0 Å². The summed E-state index contributed by atoms with van der Waals surface area (Å²) < 4.78 is 32.4. The highest BCUT2D eigenvalue weighted by Gasteiger charge is 2.30. The fraction of sp³-hybridized carbons (Fsp3) is 0.310. The first-order valence-corrected chi connectivity index (χ1v) is 14.8. The monoisotopic (exact) mass is 571 g/mol. The van der Waals surface area contributed by atoms with E-state index in [1.807, 2.05) is 44.2 Å². The number of nitrogens with one attached hydrogen (secondary N) is 1. The number of carbonyl (C=O) groups is 2. The zero-order valence-corrected chi connectivity index (χ0v) is 24.1. The van der Waals surface area contributed by atoms with Gasteiger partial charge in [0.05, 0.1) is 11.9 Å². The quantitative estimate of drug-likeness (QED) is 0.327.